The van der Waals surface area contributed by atoms with Gasteiger partial charge in [-0.05, 0) is 42.4 Å². The number of aliphatic hydroxyl groups excluding tert-OH is 2. The third-order valence-electron chi connectivity index (χ3n) is 6.90. The molecule has 7 N–H and O–H groups in total. The first-order valence-corrected chi connectivity index (χ1v) is 11.2. The Morgan fingerprint density at radius 3 is 2.57 bits per heavy atom. The number of ketones is 2. The largest absolute Gasteiger partial charge is 0.508 e. The van der Waals surface area contributed by atoms with E-state index in [4.69, 9.17) is 10.5 Å². The van der Waals surface area contributed by atoms with Gasteiger partial charge >= 0.3 is 6.09 Å². The normalized spacial score (nSPS) is 25.5. The van der Waals surface area contributed by atoms with Crippen LogP contribution in [0.3, 0.4) is 0 Å². The smallest absolute Gasteiger partial charge is 0.407 e. The van der Waals surface area contributed by atoms with Crippen LogP contribution in [-0.4, -0.2) is 56.2 Å². The topological polar surface area (TPSA) is 196 Å². The van der Waals surface area contributed by atoms with Crippen molar-refractivity contribution in [2.24, 2.45) is 17.6 Å². The third kappa shape index (κ3) is 3.72. The lowest BCUT2D eigenvalue weighted by Crippen LogP contribution is -2.58. The number of ether oxygens (including phenoxy) is 1. The van der Waals surface area contributed by atoms with Crippen LogP contribution in [0.2, 0.25) is 0 Å². The lowest BCUT2D eigenvalue weighted by molar-refractivity contribution is -0.147. The van der Waals surface area contributed by atoms with E-state index in [2.05, 4.69) is 5.32 Å². The lowest BCUT2D eigenvalue weighted by Gasteiger charge is -2.46. The summed E-state index contributed by atoms with van der Waals surface area (Å²) in [7, 11) is 0. The number of hydrogen-bond donors (Lipinski definition) is 6. The highest BCUT2D eigenvalue weighted by molar-refractivity contribution is 6.22. The second kappa shape index (κ2) is 8.73. The molecule has 1 aromatic rings. The van der Waals surface area contributed by atoms with Crippen LogP contribution in [0, 0.1) is 11.8 Å². The molecule has 0 heterocycles. The number of Topliss-reactive ketones (excluding diaryl/α,β-unsaturated/α-hetero) is 2. The maximum atomic E-state index is 13.5. The van der Waals surface area contributed by atoms with Gasteiger partial charge in [-0.15, -0.1) is 0 Å². The van der Waals surface area contributed by atoms with Crippen LogP contribution in [0.4, 0.5) is 4.79 Å². The molecule has 2 amide bonds. The molecule has 0 saturated heterocycles. The van der Waals surface area contributed by atoms with Gasteiger partial charge in [0.2, 0.25) is 5.78 Å². The predicted molar refractivity (Wildman–Crippen MR) is 120 cm³/mol. The number of phenolic OH excluding ortho intramolecular Hbond substituents is 1. The van der Waals surface area contributed by atoms with Crippen molar-refractivity contribution in [3.8, 4) is 5.75 Å². The molecule has 0 bridgehead atoms. The second-order valence-corrected chi connectivity index (χ2v) is 8.99. The first-order valence-electron chi connectivity index (χ1n) is 11.2. The molecule has 1 fully saturated rings. The van der Waals surface area contributed by atoms with E-state index in [1.807, 2.05) is 6.92 Å². The summed E-state index contributed by atoms with van der Waals surface area (Å²) in [4.78, 5) is 49.4. The van der Waals surface area contributed by atoms with Crippen LogP contribution in [0.15, 0.2) is 29.0 Å². The first kappa shape index (κ1) is 24.3. The molecule has 3 aliphatic rings. The summed E-state index contributed by atoms with van der Waals surface area (Å²) < 4.78 is 4.99. The standard InChI is InChI=1S/C24H26N2O9/c1-2-5-35-23(33)26-9-10-3-4-14(27)17-13(10)7-11-6-12-8-15(28)18(22(25)32)21(31)24(12,34)20(30)16(11)19(17)29/h3-4,11-12,27,29,31,34H,2,5-9H2,1H3,(H2,25,32)(H,26,33). The molecule has 0 spiro atoms. The Morgan fingerprint density at radius 2 is 1.91 bits per heavy atom. The molecule has 4 rings (SSSR count). The van der Waals surface area contributed by atoms with Crippen molar-refractivity contribution < 1.29 is 44.3 Å². The SMILES string of the molecule is CCCOC(=O)NCc1ccc(O)c2c1CC1CC3CC(=O)C(C(N)=O)=C(O)C3(O)C(=O)C1=C2O. The van der Waals surface area contributed by atoms with Gasteiger partial charge in [0.05, 0.1) is 12.2 Å². The number of aromatic hydroxyl groups is 1. The van der Waals surface area contributed by atoms with E-state index in [9.17, 15) is 39.6 Å². The molecular formula is C24H26N2O9. The van der Waals surface area contributed by atoms with Gasteiger partial charge in [-0.1, -0.05) is 13.0 Å². The number of hydrogen-bond acceptors (Lipinski definition) is 9. The molecule has 0 radical (unpaired) electrons. The Labute approximate surface area is 199 Å². The highest BCUT2D eigenvalue weighted by Gasteiger charge is 2.60. The number of amides is 2. The fourth-order valence-electron chi connectivity index (χ4n) is 5.26. The summed E-state index contributed by atoms with van der Waals surface area (Å²) in [5.74, 6) is -6.82. The summed E-state index contributed by atoms with van der Waals surface area (Å²) >= 11 is 0. The van der Waals surface area contributed by atoms with E-state index in [-0.39, 0.29) is 49.3 Å². The van der Waals surface area contributed by atoms with Crippen molar-refractivity contribution in [2.75, 3.05) is 6.61 Å². The van der Waals surface area contributed by atoms with Crippen LogP contribution < -0.4 is 11.1 Å². The molecule has 0 aliphatic heterocycles. The number of benzene rings is 1. The van der Waals surface area contributed by atoms with E-state index in [1.54, 1.807) is 6.07 Å². The Kier molecular flexibility index (Phi) is 6.05. The molecule has 3 aliphatic carbocycles. The molecule has 35 heavy (non-hydrogen) atoms. The summed E-state index contributed by atoms with van der Waals surface area (Å²) in [6, 6.07) is 2.88. The van der Waals surface area contributed by atoms with Gasteiger partial charge in [-0.3, -0.25) is 14.4 Å². The van der Waals surface area contributed by atoms with Gasteiger partial charge < -0.3 is 36.2 Å². The van der Waals surface area contributed by atoms with Crippen molar-refractivity contribution in [3.63, 3.8) is 0 Å². The zero-order valence-corrected chi connectivity index (χ0v) is 19.0. The van der Waals surface area contributed by atoms with Crippen LogP contribution in [0.25, 0.3) is 5.76 Å². The van der Waals surface area contributed by atoms with Crippen LogP contribution >= 0.6 is 0 Å². The van der Waals surface area contributed by atoms with Gasteiger partial charge in [-0.2, -0.15) is 0 Å². The summed E-state index contributed by atoms with van der Waals surface area (Å²) in [6.45, 7) is 2.14. The van der Waals surface area contributed by atoms with Crippen LogP contribution in [0.5, 0.6) is 5.75 Å². The number of nitrogens with one attached hydrogen (secondary N) is 1. The Bertz CT molecular complexity index is 1220. The van der Waals surface area contributed by atoms with Crippen LogP contribution in [-0.2, 0) is 32.1 Å². The van der Waals surface area contributed by atoms with Gasteiger partial charge in [0.15, 0.2) is 11.4 Å². The maximum absolute atomic E-state index is 13.5. The molecule has 11 nitrogen and oxygen atoms in total. The molecule has 3 unspecified atom stereocenters. The van der Waals surface area contributed by atoms with Gasteiger partial charge in [0, 0.05) is 24.5 Å². The quantitative estimate of drug-likeness (QED) is 0.330. The first-order chi connectivity index (χ1) is 16.5. The van der Waals surface area contributed by atoms with Crippen molar-refractivity contribution in [3.05, 3.63) is 45.7 Å². The number of aliphatic hydroxyl groups is 3. The summed E-state index contributed by atoms with van der Waals surface area (Å²) in [6.07, 6.45) is -0.176. The van der Waals surface area contributed by atoms with E-state index in [1.165, 1.54) is 6.07 Å². The van der Waals surface area contributed by atoms with E-state index < -0.39 is 58.1 Å². The minimum atomic E-state index is -2.60. The number of nitrogens with two attached hydrogens (primary N) is 1. The Morgan fingerprint density at radius 1 is 1.20 bits per heavy atom. The number of carbonyl (C=O) groups is 4. The average molecular weight is 486 g/mol. The lowest BCUT2D eigenvalue weighted by atomic mass is 9.59. The number of carbonyl (C=O) groups excluding carboxylic acids is 4. The molecule has 11 heteroatoms. The summed E-state index contributed by atoms with van der Waals surface area (Å²) in [5, 5.41) is 45.9. The Balaban J connectivity index is 1.76. The van der Waals surface area contributed by atoms with Crippen molar-refractivity contribution >= 4 is 29.3 Å². The maximum Gasteiger partial charge on any atom is 0.407 e. The molecule has 0 aromatic heterocycles. The number of primary amides is 1. The van der Waals surface area contributed by atoms with Gasteiger partial charge in [0.1, 0.15) is 22.8 Å². The minimum Gasteiger partial charge on any atom is -0.508 e. The van der Waals surface area contributed by atoms with E-state index >= 15 is 0 Å². The fourth-order valence-corrected chi connectivity index (χ4v) is 5.26. The molecule has 186 valence electrons. The van der Waals surface area contributed by atoms with Crippen molar-refractivity contribution in [1.29, 1.82) is 0 Å². The highest BCUT2D eigenvalue weighted by atomic mass is 16.5. The van der Waals surface area contributed by atoms with Crippen molar-refractivity contribution in [2.45, 2.75) is 44.8 Å². The zero-order valence-electron chi connectivity index (χ0n) is 19.0. The van der Waals surface area contributed by atoms with Crippen molar-refractivity contribution in [1.82, 2.24) is 5.32 Å². The predicted octanol–water partition coefficient (Wildman–Crippen LogP) is 1.06. The van der Waals surface area contributed by atoms with Crippen LogP contribution in [0.1, 0.15) is 42.9 Å². The second-order valence-electron chi connectivity index (χ2n) is 8.99. The number of fused-ring (bicyclic) bond motifs is 3. The average Bonchev–Trinajstić information content (AvgIpc) is 2.79. The minimum absolute atomic E-state index is 0.0293. The zero-order chi connectivity index (χ0) is 25.7. The number of alkyl carbamates (subject to hydrolysis) is 1. The monoisotopic (exact) mass is 486 g/mol. The molecular weight excluding hydrogens is 460 g/mol. The van der Waals surface area contributed by atoms with Gasteiger partial charge in [0.25, 0.3) is 5.91 Å². The van der Waals surface area contributed by atoms with Gasteiger partial charge in [-0.25, -0.2) is 4.79 Å². The molecule has 1 saturated carbocycles. The molecule has 1 aromatic carbocycles. The number of rotatable bonds is 5. The fraction of sp³-hybridized carbons (Fsp3) is 0.417. The van der Waals surface area contributed by atoms with E-state index in [0.29, 0.717) is 17.5 Å². The molecule has 3 atom stereocenters. The van der Waals surface area contributed by atoms with E-state index in [0.717, 1.165) is 0 Å². The Hall–Kier alpha value is -3.86. The summed E-state index contributed by atoms with van der Waals surface area (Å²) in [5.41, 5.74) is 2.55. The highest BCUT2D eigenvalue weighted by Crippen LogP contribution is 2.52. The third-order valence-corrected chi connectivity index (χ3v) is 6.90. The number of phenols is 1.